The smallest absolute Gasteiger partial charge is 0.132 e. The molecule has 0 bridgehead atoms. The maximum atomic E-state index is 5.22. The normalized spacial score (nSPS) is 9.38. The standard InChI is InChI=1S/C10H11BrN2/c1-4-5-13(3)10-8(2)6-9(11)7-12-10/h1,6-7H,5H2,2-3H3. The molecule has 0 aliphatic rings. The van der Waals surface area contributed by atoms with Crippen molar-refractivity contribution in [3.05, 3.63) is 22.3 Å². The third kappa shape index (κ3) is 2.46. The molecule has 13 heavy (non-hydrogen) atoms. The van der Waals surface area contributed by atoms with Crippen LogP contribution in [0.1, 0.15) is 5.56 Å². The van der Waals surface area contributed by atoms with Crippen LogP contribution in [0.25, 0.3) is 0 Å². The van der Waals surface area contributed by atoms with E-state index in [2.05, 4.69) is 26.8 Å². The second-order valence-corrected chi connectivity index (χ2v) is 3.77. The van der Waals surface area contributed by atoms with Gasteiger partial charge in [-0.2, -0.15) is 0 Å². The van der Waals surface area contributed by atoms with E-state index in [1.54, 1.807) is 6.20 Å². The number of nitrogens with zero attached hydrogens (tertiary/aromatic N) is 2. The fourth-order valence-electron chi connectivity index (χ4n) is 1.14. The summed E-state index contributed by atoms with van der Waals surface area (Å²) in [5, 5.41) is 0. The summed E-state index contributed by atoms with van der Waals surface area (Å²) in [6, 6.07) is 2.02. The van der Waals surface area contributed by atoms with E-state index in [1.807, 2.05) is 24.9 Å². The van der Waals surface area contributed by atoms with Gasteiger partial charge < -0.3 is 4.90 Å². The molecule has 0 saturated carbocycles. The highest BCUT2D eigenvalue weighted by molar-refractivity contribution is 9.10. The van der Waals surface area contributed by atoms with E-state index in [4.69, 9.17) is 6.42 Å². The second kappa shape index (κ2) is 4.29. The summed E-state index contributed by atoms with van der Waals surface area (Å²) in [4.78, 5) is 6.23. The zero-order valence-corrected chi connectivity index (χ0v) is 9.30. The van der Waals surface area contributed by atoms with Crippen LogP contribution in [0.5, 0.6) is 0 Å². The molecule has 1 aromatic heterocycles. The lowest BCUT2D eigenvalue weighted by molar-refractivity contribution is 0.991. The molecule has 0 aromatic carbocycles. The highest BCUT2D eigenvalue weighted by Crippen LogP contribution is 2.19. The first kappa shape index (κ1) is 10.1. The number of halogens is 1. The molecule has 0 amide bonds. The summed E-state index contributed by atoms with van der Waals surface area (Å²) >= 11 is 3.36. The molecule has 0 saturated heterocycles. The van der Waals surface area contributed by atoms with Gasteiger partial charge in [-0.15, -0.1) is 6.42 Å². The molecule has 1 aromatic rings. The van der Waals surface area contributed by atoms with Gasteiger partial charge in [0.2, 0.25) is 0 Å². The summed E-state index contributed by atoms with van der Waals surface area (Å²) in [6.07, 6.45) is 6.99. The Bertz CT molecular complexity index is 341. The van der Waals surface area contributed by atoms with Crippen molar-refractivity contribution in [2.24, 2.45) is 0 Å². The van der Waals surface area contributed by atoms with Crippen molar-refractivity contribution in [3.8, 4) is 12.3 Å². The Kier molecular flexibility index (Phi) is 3.32. The van der Waals surface area contributed by atoms with Crippen LogP contribution in [0.2, 0.25) is 0 Å². The van der Waals surface area contributed by atoms with Gasteiger partial charge in [0.25, 0.3) is 0 Å². The maximum Gasteiger partial charge on any atom is 0.132 e. The van der Waals surface area contributed by atoms with Gasteiger partial charge in [0.1, 0.15) is 5.82 Å². The van der Waals surface area contributed by atoms with Crippen LogP contribution in [0, 0.1) is 19.3 Å². The van der Waals surface area contributed by atoms with Crippen molar-refractivity contribution in [2.45, 2.75) is 6.92 Å². The van der Waals surface area contributed by atoms with Gasteiger partial charge in [0, 0.05) is 17.7 Å². The lowest BCUT2D eigenvalue weighted by atomic mass is 10.3. The van der Waals surface area contributed by atoms with Crippen molar-refractivity contribution in [1.29, 1.82) is 0 Å². The van der Waals surface area contributed by atoms with Crippen LogP contribution in [0.15, 0.2) is 16.7 Å². The first-order valence-electron chi connectivity index (χ1n) is 3.92. The van der Waals surface area contributed by atoms with Crippen molar-refractivity contribution >= 4 is 21.7 Å². The van der Waals surface area contributed by atoms with Crippen LogP contribution in [0.4, 0.5) is 5.82 Å². The average molecular weight is 239 g/mol. The highest BCUT2D eigenvalue weighted by atomic mass is 79.9. The van der Waals surface area contributed by atoms with Crippen LogP contribution in [-0.4, -0.2) is 18.6 Å². The van der Waals surface area contributed by atoms with Crippen LogP contribution >= 0.6 is 15.9 Å². The number of hydrogen-bond donors (Lipinski definition) is 0. The van der Waals surface area contributed by atoms with Crippen molar-refractivity contribution in [1.82, 2.24) is 4.98 Å². The summed E-state index contributed by atoms with van der Waals surface area (Å²) in [5.41, 5.74) is 1.12. The predicted octanol–water partition coefficient (Wildman–Crippen LogP) is 2.22. The van der Waals surface area contributed by atoms with Crippen LogP contribution < -0.4 is 4.90 Å². The lowest BCUT2D eigenvalue weighted by Crippen LogP contribution is -2.19. The van der Waals surface area contributed by atoms with E-state index in [-0.39, 0.29) is 0 Å². The second-order valence-electron chi connectivity index (χ2n) is 2.85. The molecule has 0 aliphatic heterocycles. The Labute approximate surface area is 87.1 Å². The van der Waals surface area contributed by atoms with Crippen molar-refractivity contribution in [3.63, 3.8) is 0 Å². The number of aromatic nitrogens is 1. The Morgan fingerprint density at radius 1 is 1.69 bits per heavy atom. The van der Waals surface area contributed by atoms with Gasteiger partial charge in [-0.3, -0.25) is 0 Å². The van der Waals surface area contributed by atoms with Gasteiger partial charge in [0.15, 0.2) is 0 Å². The third-order valence-electron chi connectivity index (χ3n) is 1.71. The van der Waals surface area contributed by atoms with E-state index in [0.717, 1.165) is 15.9 Å². The number of aryl methyl sites for hydroxylation is 1. The molecule has 1 rings (SSSR count). The molecule has 0 atom stereocenters. The molecular weight excluding hydrogens is 228 g/mol. The molecule has 3 heteroatoms. The van der Waals surface area contributed by atoms with Crippen LogP contribution in [0.3, 0.4) is 0 Å². The molecule has 0 spiro atoms. The maximum absolute atomic E-state index is 5.22. The zero-order valence-electron chi connectivity index (χ0n) is 7.71. The summed E-state index contributed by atoms with van der Waals surface area (Å²) in [6.45, 7) is 2.59. The number of terminal acetylenes is 1. The van der Waals surface area contributed by atoms with Crippen LogP contribution in [-0.2, 0) is 0 Å². The highest BCUT2D eigenvalue weighted by Gasteiger charge is 2.04. The van der Waals surface area contributed by atoms with Gasteiger partial charge in [-0.1, -0.05) is 5.92 Å². The van der Waals surface area contributed by atoms with Gasteiger partial charge in [-0.25, -0.2) is 4.98 Å². The number of anilines is 1. The van der Waals surface area contributed by atoms with E-state index >= 15 is 0 Å². The minimum Gasteiger partial charge on any atom is -0.348 e. The van der Waals surface area contributed by atoms with E-state index < -0.39 is 0 Å². The first-order valence-corrected chi connectivity index (χ1v) is 4.71. The minimum atomic E-state index is 0.579. The summed E-state index contributed by atoms with van der Waals surface area (Å²) in [7, 11) is 1.93. The van der Waals surface area contributed by atoms with Crippen molar-refractivity contribution in [2.75, 3.05) is 18.5 Å². The predicted molar refractivity (Wildman–Crippen MR) is 58.8 cm³/mol. The number of hydrogen-bond acceptors (Lipinski definition) is 2. The lowest BCUT2D eigenvalue weighted by Gasteiger charge is -2.16. The molecular formula is C10H11BrN2. The Hall–Kier alpha value is -1.01. The molecule has 2 nitrogen and oxygen atoms in total. The molecule has 0 aliphatic carbocycles. The molecule has 0 fully saturated rings. The monoisotopic (exact) mass is 238 g/mol. The summed E-state index contributed by atoms with van der Waals surface area (Å²) < 4.78 is 0.989. The van der Waals surface area contributed by atoms with E-state index in [9.17, 15) is 0 Å². The average Bonchev–Trinajstić information content (AvgIpc) is 2.04. The Morgan fingerprint density at radius 2 is 2.38 bits per heavy atom. The largest absolute Gasteiger partial charge is 0.348 e. The Morgan fingerprint density at radius 3 is 2.92 bits per heavy atom. The number of rotatable bonds is 2. The van der Waals surface area contributed by atoms with Crippen molar-refractivity contribution < 1.29 is 0 Å². The summed E-state index contributed by atoms with van der Waals surface area (Å²) in [5.74, 6) is 3.51. The molecule has 0 radical (unpaired) electrons. The SMILES string of the molecule is C#CCN(C)c1ncc(Br)cc1C. The van der Waals surface area contributed by atoms with E-state index in [1.165, 1.54) is 0 Å². The Balaban J connectivity index is 2.96. The number of pyridine rings is 1. The first-order chi connectivity index (χ1) is 6.15. The van der Waals surface area contributed by atoms with E-state index in [0.29, 0.717) is 6.54 Å². The third-order valence-corrected chi connectivity index (χ3v) is 2.14. The molecule has 68 valence electrons. The fraction of sp³-hybridized carbons (Fsp3) is 0.300. The topological polar surface area (TPSA) is 16.1 Å². The zero-order chi connectivity index (χ0) is 9.84. The molecule has 1 heterocycles. The fourth-order valence-corrected chi connectivity index (χ4v) is 1.59. The van der Waals surface area contributed by atoms with Gasteiger partial charge in [-0.05, 0) is 34.5 Å². The minimum absolute atomic E-state index is 0.579. The van der Waals surface area contributed by atoms with Gasteiger partial charge >= 0.3 is 0 Å². The quantitative estimate of drug-likeness (QED) is 0.735. The molecule has 0 N–H and O–H groups in total. The molecule has 0 unspecified atom stereocenters. The van der Waals surface area contributed by atoms with Gasteiger partial charge in [0.05, 0.1) is 6.54 Å².